The number of aliphatic hydroxyl groups excluding tert-OH is 1. The zero-order valence-electron chi connectivity index (χ0n) is 88.8. The third kappa shape index (κ3) is 18.6. The molecule has 0 bridgehead atoms. The molecule has 8 aromatic heterocycles. The minimum Gasteiger partial charge on any atom is -0.527 e. The monoisotopic (exact) mass is 2250 g/mol. The number of carbonyl (C=O) groups excluding carboxylic acids is 1. The predicted molar refractivity (Wildman–Crippen MR) is 576 cm³/mol. The smallest absolute Gasteiger partial charge is 0.295 e. The molecule has 23 aromatic rings. The maximum absolute atomic E-state index is 10.0. The standard InChI is InChI=1S/C25H21N2.C24H17N2.C20H15N2.C18H14N.C15H10NO.C12H10N.C11H8N.C5H8O2.2Ir/c1-15-10-11-21-20(12-15)19-9-5-8-18-13-26-14-22(27(21)25(26)24(18)19)23-16(2)6-4-7-17(23)3;1-3-11-19-17(8-1)10-7-15-21(19)26-23-14-6-5-13-22(23)25-16-18-9-2-4-12-20(18)24(25)26;1-3-9-17-15(6-1)8-5-11-19(17)22-13-12-21-14-16-7-2-4-10-18(16)20(21)22;1-18(2)14-8-4-3-7-13(14)17-16-12(10-11-19-17)6-5-9-15(16)18;1-11-13(14-7-4-5-9-16-14)10-12-6-2-3-8-15(12)17-11;1-2-6-11-10(5-1)9-13-8-4-3-7-12(11)13;1-2-6-10(7-3-1)11-8-4-5-9-12-11;1-4(6)3-5(2)7;;/h4-12,14H,13H2,1-3H3;1-15H,16H2;1-13H,14H2;3-6,8-11H,1-2H3;2-9H,1H2;1-8H,9H2;1-6,8-9H;3,6H,1-2H3;;/q3*+1;2*-1;+1;-1;;;/i;;;;;1D,2D,3D,4D,5D,6D,7D,8D;;;;. The van der Waals surface area contributed by atoms with Crippen LogP contribution in [0.3, 0.4) is 0 Å². The number of nitrogens with zero attached hydrogens (tertiary/aromatic N) is 10. The Morgan fingerprint density at radius 2 is 1.12 bits per heavy atom. The molecule has 0 spiro atoms. The van der Waals surface area contributed by atoms with Crippen molar-refractivity contribution in [1.29, 1.82) is 0 Å². The number of hydrogen-bond acceptors (Lipinski definition) is 6. The summed E-state index contributed by atoms with van der Waals surface area (Å²) in [4.78, 5) is 23.1. The van der Waals surface area contributed by atoms with Crippen molar-refractivity contribution in [3.63, 3.8) is 0 Å². The Hall–Kier alpha value is -16.6. The number of ketones is 1. The van der Waals surface area contributed by atoms with Crippen LogP contribution in [0.2, 0.25) is 0 Å². The molecule has 0 saturated heterocycles. The number of carbonyl (C=O) groups is 1. The first-order valence-electron chi connectivity index (χ1n) is 51.9. The van der Waals surface area contributed by atoms with Gasteiger partial charge in [-0.05, 0) is 168 Å². The van der Waals surface area contributed by atoms with Gasteiger partial charge < -0.3 is 19.8 Å². The van der Waals surface area contributed by atoms with Crippen LogP contribution in [0.5, 0.6) is 5.75 Å². The number of para-hydroxylation sites is 3. The minimum absolute atomic E-state index is 0. The number of aryl methyl sites for hydroxylation is 3. The Morgan fingerprint density at radius 3 is 1.87 bits per heavy atom. The topological polar surface area (TPSA) is 115 Å². The fraction of sp³-hybridized carbons (Fsp3) is 0.0923. The third-order valence-corrected chi connectivity index (χ3v) is 27.0. The molecule has 15 heteroatoms. The van der Waals surface area contributed by atoms with Crippen molar-refractivity contribution in [3.05, 3.63) is 529 Å². The van der Waals surface area contributed by atoms with Gasteiger partial charge in [-0.2, -0.15) is 18.1 Å². The average Bonchev–Trinajstić information content (AvgIpc) is 1.62. The number of aliphatic hydroxyl groups is 1. The molecule has 13 heterocycles. The second-order valence-electron chi connectivity index (χ2n) is 36.6. The molecule has 2 radical (unpaired) electrons. The Bertz CT molecular complexity index is 9380. The van der Waals surface area contributed by atoms with Gasteiger partial charge in [-0.3, -0.25) is 9.78 Å². The second kappa shape index (κ2) is 41.5. The van der Waals surface area contributed by atoms with Crippen molar-refractivity contribution >= 4 is 82.0 Å². The van der Waals surface area contributed by atoms with E-state index < -0.39 is 12.1 Å². The zero-order chi connectivity index (χ0) is 104. The molecule has 145 heavy (non-hydrogen) atoms. The molecule has 0 unspecified atom stereocenters. The van der Waals surface area contributed by atoms with Gasteiger partial charge in [0, 0.05) is 132 Å². The summed E-state index contributed by atoms with van der Waals surface area (Å²) >= 11 is 0. The number of pyridine rings is 5. The van der Waals surface area contributed by atoms with E-state index in [1.165, 1.54) is 185 Å². The Balaban J connectivity index is 0.000000107. The average molecular weight is 2250 g/mol. The maximum atomic E-state index is 10.0. The van der Waals surface area contributed by atoms with E-state index in [1.807, 2.05) is 97.2 Å². The molecule has 0 amide bonds. The number of imidazole rings is 3. The molecular weight excluding hydrogens is 2130 g/mol. The fourth-order valence-corrected chi connectivity index (χ4v) is 20.7. The van der Waals surface area contributed by atoms with E-state index in [4.69, 9.17) is 20.8 Å². The molecule has 5 aliphatic heterocycles. The van der Waals surface area contributed by atoms with Gasteiger partial charge in [-0.25, -0.2) is 13.7 Å². The van der Waals surface area contributed by atoms with E-state index in [0.717, 1.165) is 64.7 Å². The van der Waals surface area contributed by atoms with E-state index in [1.54, 1.807) is 12.4 Å². The summed E-state index contributed by atoms with van der Waals surface area (Å²) in [5.74, 6) is 3.86. The van der Waals surface area contributed by atoms with Crippen LogP contribution in [-0.2, 0) is 76.6 Å². The molecule has 0 atom stereocenters. The Labute approximate surface area is 882 Å². The third-order valence-electron chi connectivity index (χ3n) is 27.0. The van der Waals surface area contributed by atoms with E-state index >= 15 is 0 Å². The second-order valence-corrected chi connectivity index (χ2v) is 36.6. The molecule has 0 fully saturated rings. The first kappa shape index (κ1) is 86.3. The van der Waals surface area contributed by atoms with Crippen molar-refractivity contribution in [2.45, 2.75) is 80.1 Å². The quantitative estimate of drug-likeness (QED) is 0.0583. The van der Waals surface area contributed by atoms with Crippen LogP contribution in [0.25, 0.3) is 155 Å². The van der Waals surface area contributed by atoms with Crippen molar-refractivity contribution < 1.29 is 84.1 Å². The Kier molecular flexibility index (Phi) is 24.7. The summed E-state index contributed by atoms with van der Waals surface area (Å²) in [6, 6.07) is 123. The van der Waals surface area contributed by atoms with Crippen LogP contribution in [0.1, 0.15) is 100.0 Å². The van der Waals surface area contributed by atoms with Crippen molar-refractivity contribution in [2.24, 2.45) is 0 Å². The van der Waals surface area contributed by atoms with Crippen LogP contribution in [0, 0.1) is 39.0 Å². The number of allylic oxidation sites excluding steroid dienone is 3. The van der Waals surface area contributed by atoms with Crippen LogP contribution in [-0.4, -0.2) is 39.4 Å². The van der Waals surface area contributed by atoms with Crippen LogP contribution in [0.4, 0.5) is 0 Å². The summed E-state index contributed by atoms with van der Waals surface area (Å²) in [6.45, 7) is 20.8. The van der Waals surface area contributed by atoms with Crippen LogP contribution >= 0.6 is 0 Å². The summed E-state index contributed by atoms with van der Waals surface area (Å²) in [5.41, 5.74) is 31.2. The van der Waals surface area contributed by atoms with Gasteiger partial charge >= 0.3 is 0 Å². The molecule has 708 valence electrons. The molecule has 6 aliphatic rings. The molecule has 29 rings (SSSR count). The number of fused-ring (bicyclic) bond motifs is 19. The summed E-state index contributed by atoms with van der Waals surface area (Å²) in [6.07, 6.45) is 16.3. The first-order chi connectivity index (χ1) is 73.4. The van der Waals surface area contributed by atoms with Crippen molar-refractivity contribution in [2.75, 3.05) is 0 Å². The first-order valence-corrected chi connectivity index (χ1v) is 47.9. The normalized spacial score (nSPS) is 13.3. The van der Waals surface area contributed by atoms with E-state index in [9.17, 15) is 4.79 Å². The van der Waals surface area contributed by atoms with Gasteiger partial charge in [0.15, 0.2) is 35.2 Å². The van der Waals surface area contributed by atoms with Crippen LogP contribution in [0.15, 0.2) is 450 Å². The summed E-state index contributed by atoms with van der Waals surface area (Å²) in [7, 11) is 0. The summed E-state index contributed by atoms with van der Waals surface area (Å²) < 4.78 is 83.9. The molecule has 1 aliphatic carbocycles. The number of hydrogen-bond donors (Lipinski definition) is 1. The van der Waals surface area contributed by atoms with Gasteiger partial charge in [0.05, 0.1) is 48.9 Å². The Morgan fingerprint density at radius 1 is 0.503 bits per heavy atom. The summed E-state index contributed by atoms with van der Waals surface area (Å²) in [5, 5.41) is 20.1. The van der Waals surface area contributed by atoms with Gasteiger partial charge in [0.1, 0.15) is 56.5 Å². The molecule has 1 N–H and O–H groups in total. The fourth-order valence-electron chi connectivity index (χ4n) is 20.7. The molecule has 13 nitrogen and oxygen atoms in total. The molecule has 15 aromatic carbocycles. The van der Waals surface area contributed by atoms with Gasteiger partial charge in [0.25, 0.3) is 17.3 Å². The zero-order valence-corrected chi connectivity index (χ0v) is 85.6. The largest absolute Gasteiger partial charge is 0.527 e. The number of benzene rings is 15. The van der Waals surface area contributed by atoms with E-state index in [2.05, 4.69) is 369 Å². The number of ether oxygens (including phenoxy) is 1. The van der Waals surface area contributed by atoms with Crippen molar-refractivity contribution in [1.82, 2.24) is 28.5 Å². The van der Waals surface area contributed by atoms with E-state index in [0.29, 0.717) is 11.3 Å². The molecular formula is C130H103Ir2N10O3+. The predicted octanol–water partition coefficient (Wildman–Crippen LogP) is 27.7. The number of rotatable bonds is 6. The van der Waals surface area contributed by atoms with Crippen LogP contribution < -0.4 is 23.0 Å². The van der Waals surface area contributed by atoms with E-state index in [-0.39, 0.29) is 111 Å². The van der Waals surface area contributed by atoms with Gasteiger partial charge in [0.2, 0.25) is 5.69 Å². The minimum atomic E-state index is -0.411. The SMILES string of the molecule is C=C1Oc2ccccc2[C-]=C1c1ccccn1.CC(=O)C=C(C)O.CC1(C)c2ccc[c-]c2-c2nccc3cccc1c23.Cc1ccc2c(c1)c1cccc3c1c1n2c(-c2c(C)cccc2C)c[n+]1C3.[2H]c1c([2H])c([2H])c2c(c1[2H])C[n+]1c([2H])c([2H])c([2H])c([2H])c1-2.[Ir].[Ir].[c-]1ccccc1-c1ccccn1.c1ccc2c(c1)C[n+]1c-2n(-c2cccc3ccccc23)c2ccccc21.c1ccc2c(c1)C[n+]1ccn(-c3cccc4ccccc34)c1-2. The molecule has 0 saturated carbocycles. The van der Waals surface area contributed by atoms with Gasteiger partial charge in [-0.15, -0.1) is 83.4 Å². The number of aromatic nitrogens is 10. The maximum Gasteiger partial charge on any atom is 0.295 e. The van der Waals surface area contributed by atoms with Crippen molar-refractivity contribution in [3.8, 4) is 84.9 Å². The van der Waals surface area contributed by atoms with Gasteiger partial charge in [-0.1, -0.05) is 280 Å².